The molecule has 0 aromatic carbocycles. The molecule has 2 fully saturated rings. The molecule has 104 valence electrons. The van der Waals surface area contributed by atoms with E-state index < -0.39 is 5.60 Å². The van der Waals surface area contributed by atoms with Gasteiger partial charge >= 0.3 is 6.09 Å². The van der Waals surface area contributed by atoms with Crippen molar-refractivity contribution in [3.63, 3.8) is 0 Å². The number of amides is 1. The van der Waals surface area contributed by atoms with Gasteiger partial charge in [-0.3, -0.25) is 4.90 Å². The van der Waals surface area contributed by atoms with Crippen LogP contribution < -0.4 is 0 Å². The van der Waals surface area contributed by atoms with E-state index >= 15 is 0 Å². The van der Waals surface area contributed by atoms with Crippen LogP contribution >= 0.6 is 0 Å². The first kappa shape index (κ1) is 13.6. The average molecular weight is 256 g/mol. The number of ether oxygens (including phenoxy) is 1. The molecule has 0 atom stereocenters. The molecule has 18 heavy (non-hydrogen) atoms. The van der Waals surface area contributed by atoms with Crippen molar-refractivity contribution in [3.05, 3.63) is 0 Å². The van der Waals surface area contributed by atoms with Crippen molar-refractivity contribution in [2.24, 2.45) is 0 Å². The molecule has 0 aromatic rings. The second-order valence-corrected chi connectivity index (χ2v) is 6.53. The van der Waals surface area contributed by atoms with Crippen LogP contribution in [0.3, 0.4) is 0 Å². The highest BCUT2D eigenvalue weighted by Crippen LogP contribution is 2.44. The Morgan fingerprint density at radius 3 is 2.39 bits per heavy atom. The largest absolute Gasteiger partial charge is 0.444 e. The molecule has 2 aliphatic rings. The molecule has 1 amide bonds. The molecule has 1 N–H and O–H groups in total. The molecule has 0 unspecified atom stereocenters. The van der Waals surface area contributed by atoms with Gasteiger partial charge in [-0.1, -0.05) is 0 Å². The van der Waals surface area contributed by atoms with Crippen LogP contribution in [0.15, 0.2) is 0 Å². The van der Waals surface area contributed by atoms with Crippen LogP contribution in [0.5, 0.6) is 0 Å². The summed E-state index contributed by atoms with van der Waals surface area (Å²) < 4.78 is 5.34. The van der Waals surface area contributed by atoms with E-state index in [-0.39, 0.29) is 24.3 Å². The zero-order valence-electron chi connectivity index (χ0n) is 11.8. The first-order valence-corrected chi connectivity index (χ1v) is 6.59. The molecule has 1 saturated carbocycles. The number of carbonyl (C=O) groups excluding carboxylic acids is 1. The van der Waals surface area contributed by atoms with Crippen molar-refractivity contribution in [2.45, 2.75) is 50.8 Å². The summed E-state index contributed by atoms with van der Waals surface area (Å²) in [5, 5.41) is 9.33. The summed E-state index contributed by atoms with van der Waals surface area (Å²) in [6, 6.07) is 0.212. The van der Waals surface area contributed by atoms with Crippen molar-refractivity contribution in [3.8, 4) is 0 Å². The normalized spacial score (nSPS) is 23.4. The Morgan fingerprint density at radius 2 is 2.00 bits per heavy atom. The average Bonchev–Trinajstić information content (AvgIpc) is 2.93. The predicted octanol–water partition coefficient (Wildman–Crippen LogP) is 1.06. The van der Waals surface area contributed by atoms with E-state index in [0.717, 1.165) is 25.9 Å². The van der Waals surface area contributed by atoms with Crippen molar-refractivity contribution < 1.29 is 14.6 Å². The molecular weight excluding hydrogens is 232 g/mol. The molecule has 2 rings (SSSR count). The summed E-state index contributed by atoms with van der Waals surface area (Å²) in [6.07, 6.45) is 1.89. The molecule has 0 spiro atoms. The maximum atomic E-state index is 11.9. The molecule has 1 aliphatic carbocycles. The van der Waals surface area contributed by atoms with Gasteiger partial charge in [0.25, 0.3) is 0 Å². The van der Waals surface area contributed by atoms with E-state index in [2.05, 4.69) is 4.90 Å². The minimum absolute atomic E-state index is 0.0330. The highest BCUT2D eigenvalue weighted by Gasteiger charge is 2.52. The standard InChI is InChI=1S/C13H24N2O3/c1-12(2,3)18-11(17)14(4)10-7-15(8-10)13(9-16)5-6-13/h10,16H,5-9H2,1-4H3. The Bertz CT molecular complexity index is 328. The summed E-state index contributed by atoms with van der Waals surface area (Å²) in [7, 11) is 1.79. The SMILES string of the molecule is CN(C(=O)OC(C)(C)C)C1CN(C2(CO)CC2)C1. The third-order valence-electron chi connectivity index (χ3n) is 3.88. The Labute approximate surface area is 109 Å². The lowest BCUT2D eigenvalue weighted by Crippen LogP contribution is -2.64. The molecule has 5 nitrogen and oxygen atoms in total. The van der Waals surface area contributed by atoms with Crippen LogP contribution in [-0.4, -0.2) is 64.9 Å². The van der Waals surface area contributed by atoms with E-state index in [1.807, 2.05) is 20.8 Å². The summed E-state index contributed by atoms with van der Waals surface area (Å²) in [5.74, 6) is 0. The third kappa shape index (κ3) is 2.62. The summed E-state index contributed by atoms with van der Waals surface area (Å²) in [4.78, 5) is 15.8. The van der Waals surface area contributed by atoms with Crippen LogP contribution in [0.4, 0.5) is 4.79 Å². The smallest absolute Gasteiger partial charge is 0.410 e. The fourth-order valence-corrected chi connectivity index (χ4v) is 2.29. The van der Waals surface area contributed by atoms with Crippen LogP contribution in [0.1, 0.15) is 33.6 Å². The van der Waals surface area contributed by atoms with Crippen LogP contribution in [0, 0.1) is 0 Å². The summed E-state index contributed by atoms with van der Waals surface area (Å²) >= 11 is 0. The Kier molecular flexibility index (Phi) is 3.32. The maximum Gasteiger partial charge on any atom is 0.410 e. The summed E-state index contributed by atoms with van der Waals surface area (Å²) in [5.41, 5.74) is -0.414. The van der Waals surface area contributed by atoms with Crippen molar-refractivity contribution in [1.29, 1.82) is 0 Å². The minimum atomic E-state index is -0.447. The van der Waals surface area contributed by atoms with Crippen LogP contribution in [0.25, 0.3) is 0 Å². The van der Waals surface area contributed by atoms with Crippen molar-refractivity contribution in [2.75, 3.05) is 26.7 Å². The van der Waals surface area contributed by atoms with Crippen molar-refractivity contribution >= 4 is 6.09 Å². The number of likely N-dealkylation sites (tertiary alicyclic amines) is 1. The Hall–Kier alpha value is -0.810. The molecule has 1 saturated heterocycles. The zero-order valence-corrected chi connectivity index (χ0v) is 11.8. The molecule has 1 heterocycles. The number of carbonyl (C=O) groups is 1. The predicted molar refractivity (Wildman–Crippen MR) is 68.4 cm³/mol. The van der Waals surface area contributed by atoms with Gasteiger partial charge < -0.3 is 14.7 Å². The molecule has 1 aliphatic heterocycles. The molecule has 0 radical (unpaired) electrons. The third-order valence-corrected chi connectivity index (χ3v) is 3.88. The maximum absolute atomic E-state index is 11.9. The van der Waals surface area contributed by atoms with Gasteiger partial charge in [0.05, 0.1) is 12.6 Å². The topological polar surface area (TPSA) is 53.0 Å². The van der Waals surface area contributed by atoms with Crippen LogP contribution in [-0.2, 0) is 4.74 Å². The number of rotatable bonds is 3. The van der Waals surface area contributed by atoms with Gasteiger partial charge in [-0.05, 0) is 33.6 Å². The highest BCUT2D eigenvalue weighted by atomic mass is 16.6. The van der Waals surface area contributed by atoms with E-state index in [9.17, 15) is 9.90 Å². The second-order valence-electron chi connectivity index (χ2n) is 6.53. The van der Waals surface area contributed by atoms with Gasteiger partial charge in [-0.15, -0.1) is 0 Å². The fraction of sp³-hybridized carbons (Fsp3) is 0.923. The van der Waals surface area contributed by atoms with E-state index in [1.54, 1.807) is 11.9 Å². The number of hydrogen-bond acceptors (Lipinski definition) is 4. The minimum Gasteiger partial charge on any atom is -0.444 e. The van der Waals surface area contributed by atoms with Gasteiger partial charge in [-0.25, -0.2) is 4.79 Å². The Balaban J connectivity index is 1.79. The fourth-order valence-electron chi connectivity index (χ4n) is 2.29. The van der Waals surface area contributed by atoms with E-state index in [4.69, 9.17) is 4.74 Å². The lowest BCUT2D eigenvalue weighted by atomic mass is 10.0. The Morgan fingerprint density at radius 1 is 1.44 bits per heavy atom. The number of aliphatic hydroxyl groups excluding tert-OH is 1. The summed E-state index contributed by atoms with van der Waals surface area (Å²) in [6.45, 7) is 7.53. The van der Waals surface area contributed by atoms with Gasteiger partial charge in [0, 0.05) is 25.7 Å². The number of hydrogen-bond donors (Lipinski definition) is 1. The van der Waals surface area contributed by atoms with Gasteiger partial charge in [-0.2, -0.15) is 0 Å². The van der Waals surface area contributed by atoms with Crippen molar-refractivity contribution in [1.82, 2.24) is 9.80 Å². The molecular formula is C13H24N2O3. The molecule has 0 bridgehead atoms. The second kappa shape index (κ2) is 4.38. The van der Waals surface area contributed by atoms with Gasteiger partial charge in [0.2, 0.25) is 0 Å². The quantitative estimate of drug-likeness (QED) is 0.820. The molecule has 5 heteroatoms. The lowest BCUT2D eigenvalue weighted by molar-refractivity contribution is -0.0303. The van der Waals surface area contributed by atoms with E-state index in [1.165, 1.54) is 0 Å². The number of nitrogens with zero attached hydrogens (tertiary/aromatic N) is 2. The number of likely N-dealkylation sites (N-methyl/N-ethyl adjacent to an activating group) is 1. The van der Waals surface area contributed by atoms with Gasteiger partial charge in [0.1, 0.15) is 5.60 Å². The number of aliphatic hydroxyl groups is 1. The van der Waals surface area contributed by atoms with Gasteiger partial charge in [0.15, 0.2) is 0 Å². The lowest BCUT2D eigenvalue weighted by Gasteiger charge is -2.47. The van der Waals surface area contributed by atoms with Crippen LogP contribution in [0.2, 0.25) is 0 Å². The monoisotopic (exact) mass is 256 g/mol. The highest BCUT2D eigenvalue weighted by molar-refractivity contribution is 5.68. The molecule has 0 aromatic heterocycles. The zero-order chi connectivity index (χ0) is 13.6. The first-order valence-electron chi connectivity index (χ1n) is 6.59. The first-order chi connectivity index (χ1) is 8.27. The van der Waals surface area contributed by atoms with E-state index in [0.29, 0.717) is 0 Å².